The zero-order valence-electron chi connectivity index (χ0n) is 11.0. The Morgan fingerprint density at radius 1 is 1.20 bits per heavy atom. The highest BCUT2D eigenvalue weighted by Gasteiger charge is 2.08. The molecule has 0 fully saturated rings. The SMILES string of the molecule is Cc1ccccc1CC(=O)Nc1ccc(C(=O)O)cn1. The number of aromatic carboxylic acids is 1. The molecule has 1 heterocycles. The summed E-state index contributed by atoms with van der Waals surface area (Å²) < 4.78 is 0. The minimum Gasteiger partial charge on any atom is -0.478 e. The number of benzene rings is 1. The van der Waals surface area contributed by atoms with Gasteiger partial charge in [-0.25, -0.2) is 9.78 Å². The lowest BCUT2D eigenvalue weighted by molar-refractivity contribution is -0.115. The second kappa shape index (κ2) is 5.97. The van der Waals surface area contributed by atoms with Crippen molar-refractivity contribution >= 4 is 17.7 Å². The lowest BCUT2D eigenvalue weighted by atomic mass is 10.1. The van der Waals surface area contributed by atoms with Crippen LogP contribution in [0.15, 0.2) is 42.6 Å². The number of hydrogen-bond donors (Lipinski definition) is 2. The Hall–Kier alpha value is -2.69. The zero-order valence-corrected chi connectivity index (χ0v) is 11.0. The van der Waals surface area contributed by atoms with E-state index in [1.807, 2.05) is 31.2 Å². The number of carbonyl (C=O) groups excluding carboxylic acids is 1. The summed E-state index contributed by atoms with van der Waals surface area (Å²) >= 11 is 0. The van der Waals surface area contributed by atoms with Crippen molar-refractivity contribution in [3.8, 4) is 0 Å². The van der Waals surface area contributed by atoms with Crippen LogP contribution < -0.4 is 5.32 Å². The summed E-state index contributed by atoms with van der Waals surface area (Å²) in [5, 5.41) is 11.4. The number of aryl methyl sites for hydroxylation is 1. The molecule has 1 aromatic carbocycles. The smallest absolute Gasteiger partial charge is 0.337 e. The molecule has 2 aromatic rings. The number of pyridine rings is 1. The molecule has 0 saturated carbocycles. The number of hydrogen-bond acceptors (Lipinski definition) is 3. The van der Waals surface area contributed by atoms with Crippen molar-refractivity contribution < 1.29 is 14.7 Å². The van der Waals surface area contributed by atoms with E-state index >= 15 is 0 Å². The highest BCUT2D eigenvalue weighted by Crippen LogP contribution is 2.10. The molecule has 0 aliphatic rings. The number of amides is 1. The molecule has 2 N–H and O–H groups in total. The molecule has 0 bridgehead atoms. The van der Waals surface area contributed by atoms with E-state index in [0.717, 1.165) is 11.1 Å². The summed E-state index contributed by atoms with van der Waals surface area (Å²) in [7, 11) is 0. The molecule has 102 valence electrons. The van der Waals surface area contributed by atoms with Crippen LogP contribution >= 0.6 is 0 Å². The van der Waals surface area contributed by atoms with Gasteiger partial charge in [0.05, 0.1) is 12.0 Å². The van der Waals surface area contributed by atoms with E-state index in [1.54, 1.807) is 0 Å². The molecule has 20 heavy (non-hydrogen) atoms. The van der Waals surface area contributed by atoms with Gasteiger partial charge in [0.2, 0.25) is 5.91 Å². The quantitative estimate of drug-likeness (QED) is 0.893. The fourth-order valence-electron chi connectivity index (χ4n) is 1.76. The lowest BCUT2D eigenvalue weighted by Crippen LogP contribution is -2.16. The minimum atomic E-state index is -1.05. The molecular formula is C15H14N2O3. The molecule has 1 aromatic heterocycles. The van der Waals surface area contributed by atoms with E-state index in [1.165, 1.54) is 18.3 Å². The molecule has 0 aliphatic carbocycles. The van der Waals surface area contributed by atoms with Crippen LogP contribution in [0.3, 0.4) is 0 Å². The Balaban J connectivity index is 2.01. The predicted octanol–water partition coefficient (Wildman–Crippen LogP) is 2.27. The van der Waals surface area contributed by atoms with Crippen LogP contribution in [0.25, 0.3) is 0 Å². The van der Waals surface area contributed by atoms with Gasteiger partial charge in [0.1, 0.15) is 5.82 Å². The van der Waals surface area contributed by atoms with E-state index in [4.69, 9.17) is 5.11 Å². The lowest BCUT2D eigenvalue weighted by Gasteiger charge is -2.06. The van der Waals surface area contributed by atoms with Crippen molar-refractivity contribution in [1.82, 2.24) is 4.98 Å². The molecule has 1 amide bonds. The van der Waals surface area contributed by atoms with Crippen molar-refractivity contribution in [2.45, 2.75) is 13.3 Å². The van der Waals surface area contributed by atoms with E-state index < -0.39 is 5.97 Å². The van der Waals surface area contributed by atoms with Gasteiger partial charge >= 0.3 is 5.97 Å². The molecule has 0 spiro atoms. The maximum absolute atomic E-state index is 11.9. The van der Waals surface area contributed by atoms with Crippen molar-refractivity contribution in [2.75, 3.05) is 5.32 Å². The normalized spacial score (nSPS) is 10.1. The first-order valence-corrected chi connectivity index (χ1v) is 6.10. The first-order chi connectivity index (χ1) is 9.56. The van der Waals surface area contributed by atoms with Gasteiger partial charge in [0, 0.05) is 6.20 Å². The molecule has 0 radical (unpaired) electrons. The third-order valence-corrected chi connectivity index (χ3v) is 2.89. The van der Waals surface area contributed by atoms with Crippen molar-refractivity contribution in [1.29, 1.82) is 0 Å². The largest absolute Gasteiger partial charge is 0.478 e. The third-order valence-electron chi connectivity index (χ3n) is 2.89. The van der Waals surface area contributed by atoms with Gasteiger partial charge in [-0.15, -0.1) is 0 Å². The molecule has 5 nitrogen and oxygen atoms in total. The number of anilines is 1. The standard InChI is InChI=1S/C15H14N2O3/c1-10-4-2-3-5-11(10)8-14(18)17-13-7-6-12(9-16-13)15(19)20/h2-7,9H,8H2,1H3,(H,19,20)(H,16,17,18). The number of carbonyl (C=O) groups is 2. The topological polar surface area (TPSA) is 79.3 Å². The van der Waals surface area contributed by atoms with Gasteiger partial charge in [0.15, 0.2) is 0 Å². The van der Waals surface area contributed by atoms with E-state index in [2.05, 4.69) is 10.3 Å². The third kappa shape index (κ3) is 3.41. The van der Waals surface area contributed by atoms with Crippen LogP contribution in [0.1, 0.15) is 21.5 Å². The van der Waals surface area contributed by atoms with Crippen LogP contribution in [0.4, 0.5) is 5.82 Å². The Bertz CT molecular complexity index is 636. The number of nitrogens with zero attached hydrogens (tertiary/aromatic N) is 1. The highest BCUT2D eigenvalue weighted by atomic mass is 16.4. The van der Waals surface area contributed by atoms with Crippen LogP contribution in [-0.2, 0) is 11.2 Å². The molecule has 0 unspecified atom stereocenters. The molecule has 0 saturated heterocycles. The second-order valence-electron chi connectivity index (χ2n) is 4.39. The fourth-order valence-corrected chi connectivity index (χ4v) is 1.76. The Morgan fingerprint density at radius 2 is 1.95 bits per heavy atom. The van der Waals surface area contributed by atoms with Crippen LogP contribution in [-0.4, -0.2) is 22.0 Å². The first-order valence-electron chi connectivity index (χ1n) is 6.10. The van der Waals surface area contributed by atoms with Gasteiger partial charge in [-0.3, -0.25) is 4.79 Å². The number of rotatable bonds is 4. The number of aromatic nitrogens is 1. The Labute approximate surface area is 116 Å². The average Bonchev–Trinajstić information content (AvgIpc) is 2.42. The zero-order chi connectivity index (χ0) is 14.5. The van der Waals surface area contributed by atoms with Crippen LogP contribution in [0.5, 0.6) is 0 Å². The summed E-state index contributed by atoms with van der Waals surface area (Å²) in [6.07, 6.45) is 1.47. The minimum absolute atomic E-state index is 0.0851. The molecule has 2 rings (SSSR count). The van der Waals surface area contributed by atoms with E-state index in [9.17, 15) is 9.59 Å². The maximum atomic E-state index is 11.9. The highest BCUT2D eigenvalue weighted by molar-refractivity contribution is 5.92. The summed E-state index contributed by atoms with van der Waals surface area (Å²) in [5.74, 6) is -0.890. The molecular weight excluding hydrogens is 256 g/mol. The van der Waals surface area contributed by atoms with Gasteiger partial charge < -0.3 is 10.4 Å². The fraction of sp³-hybridized carbons (Fsp3) is 0.133. The molecule has 5 heteroatoms. The van der Waals surface area contributed by atoms with E-state index in [-0.39, 0.29) is 17.9 Å². The number of nitrogens with one attached hydrogen (secondary N) is 1. The summed E-state index contributed by atoms with van der Waals surface area (Å²) in [5.41, 5.74) is 2.09. The number of carboxylic acids is 1. The Kier molecular flexibility index (Phi) is 4.10. The summed E-state index contributed by atoms with van der Waals surface area (Å²) in [6, 6.07) is 10.5. The predicted molar refractivity (Wildman–Crippen MR) is 74.7 cm³/mol. The van der Waals surface area contributed by atoms with Crippen LogP contribution in [0, 0.1) is 6.92 Å². The summed E-state index contributed by atoms with van der Waals surface area (Å²) in [6.45, 7) is 1.95. The van der Waals surface area contributed by atoms with Crippen molar-refractivity contribution in [2.24, 2.45) is 0 Å². The first kappa shape index (κ1) is 13.7. The molecule has 0 atom stereocenters. The van der Waals surface area contributed by atoms with Gasteiger partial charge in [-0.1, -0.05) is 24.3 Å². The average molecular weight is 270 g/mol. The van der Waals surface area contributed by atoms with Gasteiger partial charge in [0.25, 0.3) is 0 Å². The second-order valence-corrected chi connectivity index (χ2v) is 4.39. The monoisotopic (exact) mass is 270 g/mol. The maximum Gasteiger partial charge on any atom is 0.337 e. The van der Waals surface area contributed by atoms with Crippen molar-refractivity contribution in [3.05, 3.63) is 59.3 Å². The molecule has 0 aliphatic heterocycles. The van der Waals surface area contributed by atoms with Gasteiger partial charge in [-0.05, 0) is 30.2 Å². The van der Waals surface area contributed by atoms with Crippen LogP contribution in [0.2, 0.25) is 0 Å². The van der Waals surface area contributed by atoms with Crippen molar-refractivity contribution in [3.63, 3.8) is 0 Å². The summed E-state index contributed by atoms with van der Waals surface area (Å²) in [4.78, 5) is 26.5. The Morgan fingerprint density at radius 3 is 2.55 bits per heavy atom. The van der Waals surface area contributed by atoms with Gasteiger partial charge in [-0.2, -0.15) is 0 Å². The van der Waals surface area contributed by atoms with E-state index in [0.29, 0.717) is 5.82 Å². The number of carboxylic acid groups (broad SMARTS) is 1.